The van der Waals surface area contributed by atoms with E-state index in [2.05, 4.69) is 79.5 Å². The van der Waals surface area contributed by atoms with Crippen molar-refractivity contribution < 1.29 is 105 Å². The summed E-state index contributed by atoms with van der Waals surface area (Å²) < 4.78 is 119. The van der Waals surface area contributed by atoms with Gasteiger partial charge in [-0.25, -0.2) is 0 Å². The first-order valence-corrected chi connectivity index (χ1v) is 47.4. The molecule has 2 N–H and O–H groups in total. The molecule has 0 aliphatic carbocycles. The standard InChI is InChI=1S/C101H149N3O22/c1-8-14-20-26-32-109-38-44-115-50-56-121-96-62-78(63-97(122-57-51-116-45-39-110-33-27-21-15-9-2)100(96)125-60-54-119-48-42-113-36-30-24-18-12-5)74-103-90-66-80(76-105)94(107)72-86(90)84-68-88-82(70-92(84)103)83-71-93-85(69-89(83)102(88)7)87-73-95(108)81(77-106)67-91(87)104(93)75-79-64-98(123-58-52-117-46-40-111-34-28-22-16-10-3)101(126-61-55-120-49-43-114-37-31-25-19-13-6)99(65-79)124-59-53-118-47-41-112-35-29-23-17-11-4/h62-73,76-77,107-108H,8-61,74-75H2,1-7H3. The zero-order chi connectivity index (χ0) is 88.8. The molecule has 25 nitrogen and oxygen atoms in total. The molecule has 0 bridgehead atoms. The third-order valence-electron chi connectivity index (χ3n) is 22.3. The number of carbonyl (C=O) groups excluding carboxylic acids is 2. The van der Waals surface area contributed by atoms with Gasteiger partial charge < -0.3 is 109 Å². The summed E-state index contributed by atoms with van der Waals surface area (Å²) in [6.45, 7) is 25.8. The zero-order valence-corrected chi connectivity index (χ0v) is 77.1. The normalized spacial score (nSPS) is 11.8. The van der Waals surface area contributed by atoms with Crippen molar-refractivity contribution in [2.75, 3.05) is 198 Å². The van der Waals surface area contributed by atoms with Gasteiger partial charge in [-0.1, -0.05) is 157 Å². The van der Waals surface area contributed by atoms with Gasteiger partial charge in [-0.3, -0.25) is 9.59 Å². The minimum Gasteiger partial charge on any atom is -0.507 e. The van der Waals surface area contributed by atoms with Gasteiger partial charge in [0.25, 0.3) is 0 Å². The Bertz CT molecular complexity index is 4180. The number of carbonyl (C=O) groups is 2. The lowest BCUT2D eigenvalue weighted by molar-refractivity contribution is 0.0299. The van der Waals surface area contributed by atoms with Gasteiger partial charge in [-0.2, -0.15) is 0 Å². The summed E-state index contributed by atoms with van der Waals surface area (Å²) in [5.74, 6) is 2.19. The van der Waals surface area contributed by atoms with Crippen LogP contribution in [0.4, 0.5) is 0 Å². The van der Waals surface area contributed by atoms with Crippen LogP contribution in [0.2, 0.25) is 0 Å². The smallest absolute Gasteiger partial charge is 0.203 e. The number of aromatic nitrogens is 3. The summed E-state index contributed by atoms with van der Waals surface area (Å²) >= 11 is 0. The number of fused-ring (bicyclic) bond motifs is 9. The highest BCUT2D eigenvalue weighted by Crippen LogP contribution is 2.46. The number of aromatic hydroxyl groups is 2. The molecule has 25 heteroatoms. The quantitative estimate of drug-likeness (QED) is 0.0265. The van der Waals surface area contributed by atoms with E-state index in [4.69, 9.17) is 85.3 Å². The van der Waals surface area contributed by atoms with Gasteiger partial charge in [0.2, 0.25) is 11.5 Å². The highest BCUT2D eigenvalue weighted by Gasteiger charge is 2.26. The lowest BCUT2D eigenvalue weighted by Crippen LogP contribution is -2.15. The monoisotopic (exact) mass is 1760 g/mol. The molecular formula is C101H149N3O22. The molecule has 126 heavy (non-hydrogen) atoms. The molecule has 0 aliphatic rings. The number of phenolic OH excluding ortho intramolecular Hbond substituents is 2. The highest BCUT2D eigenvalue weighted by atomic mass is 16.6. The first-order valence-electron chi connectivity index (χ1n) is 47.4. The molecule has 6 aromatic carbocycles. The Morgan fingerprint density at radius 1 is 0.238 bits per heavy atom. The fourth-order valence-corrected chi connectivity index (χ4v) is 15.5. The Morgan fingerprint density at radius 3 is 0.690 bits per heavy atom. The minimum absolute atomic E-state index is 0.133. The summed E-state index contributed by atoms with van der Waals surface area (Å²) in [4.78, 5) is 25.9. The Balaban J connectivity index is 1.11. The van der Waals surface area contributed by atoms with Crippen LogP contribution in [0, 0.1) is 0 Å². The Hall–Kier alpha value is -8.02. The molecule has 3 heterocycles. The topological polar surface area (TPSA) is 256 Å². The van der Waals surface area contributed by atoms with Crippen LogP contribution in [0.1, 0.15) is 227 Å². The van der Waals surface area contributed by atoms with Gasteiger partial charge in [0.05, 0.1) is 152 Å². The van der Waals surface area contributed by atoms with Crippen LogP contribution >= 0.6 is 0 Å². The van der Waals surface area contributed by atoms with E-state index in [-0.39, 0.29) is 115 Å². The van der Waals surface area contributed by atoms with E-state index in [0.29, 0.717) is 177 Å². The van der Waals surface area contributed by atoms with E-state index in [1.54, 1.807) is 24.3 Å². The summed E-state index contributed by atoms with van der Waals surface area (Å²) in [6.07, 6.45) is 28.3. The molecule has 0 amide bonds. The second-order valence-electron chi connectivity index (χ2n) is 32.2. The van der Waals surface area contributed by atoms with Crippen LogP contribution < -0.4 is 28.4 Å². The number of rotatable bonds is 78. The highest BCUT2D eigenvalue weighted by molar-refractivity contribution is 6.22. The van der Waals surface area contributed by atoms with Crippen LogP contribution in [0.15, 0.2) is 72.8 Å². The average Bonchev–Trinajstić information content (AvgIpc) is 1.55. The Labute approximate surface area is 748 Å². The minimum atomic E-state index is -0.148. The van der Waals surface area contributed by atoms with Crippen molar-refractivity contribution >= 4 is 78.0 Å². The summed E-state index contributed by atoms with van der Waals surface area (Å²) in [7, 11) is 2.03. The number of aldehydes is 2. The van der Waals surface area contributed by atoms with Gasteiger partial charge in [0.15, 0.2) is 35.6 Å². The Morgan fingerprint density at radius 2 is 0.444 bits per heavy atom. The third-order valence-corrected chi connectivity index (χ3v) is 22.3. The number of ether oxygens (including phenoxy) is 18. The molecule has 0 saturated heterocycles. The van der Waals surface area contributed by atoms with E-state index < -0.39 is 0 Å². The summed E-state index contributed by atoms with van der Waals surface area (Å²) in [6, 6.07) is 23.3. The van der Waals surface area contributed by atoms with Crippen LogP contribution in [0.5, 0.6) is 46.0 Å². The number of benzene rings is 6. The van der Waals surface area contributed by atoms with Crippen LogP contribution in [-0.2, 0) is 77.0 Å². The van der Waals surface area contributed by atoms with E-state index in [1.165, 1.54) is 38.5 Å². The van der Waals surface area contributed by atoms with Gasteiger partial charge >= 0.3 is 0 Å². The molecule has 9 rings (SSSR count). The third kappa shape index (κ3) is 33.5. The van der Waals surface area contributed by atoms with Gasteiger partial charge in [-0.15, -0.1) is 0 Å². The van der Waals surface area contributed by atoms with Gasteiger partial charge in [-0.05, 0) is 122 Å². The molecule has 0 atom stereocenters. The van der Waals surface area contributed by atoms with E-state index in [0.717, 1.165) is 181 Å². The molecule has 0 unspecified atom stereocenters. The van der Waals surface area contributed by atoms with Gasteiger partial charge in [0.1, 0.15) is 51.1 Å². The van der Waals surface area contributed by atoms with Crippen LogP contribution in [0.3, 0.4) is 0 Å². The van der Waals surface area contributed by atoms with Crippen molar-refractivity contribution in [1.82, 2.24) is 13.7 Å². The predicted octanol–water partition coefficient (Wildman–Crippen LogP) is 20.6. The van der Waals surface area contributed by atoms with E-state index >= 15 is 0 Å². The molecule has 0 saturated carbocycles. The molecule has 0 fully saturated rings. The first kappa shape index (κ1) is 102. The number of nitrogens with zero attached hydrogens (tertiary/aromatic N) is 3. The van der Waals surface area contributed by atoms with E-state index in [1.807, 2.05) is 31.3 Å². The second-order valence-corrected chi connectivity index (χ2v) is 32.2. The number of phenols is 2. The lowest BCUT2D eigenvalue weighted by atomic mass is 10.1. The molecule has 9 aromatic rings. The molecule has 0 spiro atoms. The van der Waals surface area contributed by atoms with Crippen LogP contribution in [-0.4, -0.2) is 235 Å². The number of hydrogen-bond acceptors (Lipinski definition) is 22. The molecule has 0 radical (unpaired) electrons. The summed E-state index contributed by atoms with van der Waals surface area (Å²) in [5.41, 5.74) is 6.64. The average molecular weight is 1760 g/mol. The number of unbranched alkanes of at least 4 members (excludes halogenated alkanes) is 18. The van der Waals surface area contributed by atoms with Crippen molar-refractivity contribution in [3.8, 4) is 46.0 Å². The van der Waals surface area contributed by atoms with Crippen molar-refractivity contribution in [2.45, 2.75) is 209 Å². The van der Waals surface area contributed by atoms with E-state index in [9.17, 15) is 19.8 Å². The summed E-state index contributed by atoms with van der Waals surface area (Å²) in [5, 5.41) is 28.2. The Kier molecular flexibility index (Phi) is 49.0. The fraction of sp³-hybridized carbons (Fsp3) is 0.624. The maximum atomic E-state index is 13.0. The molecule has 700 valence electrons. The van der Waals surface area contributed by atoms with Crippen molar-refractivity contribution in [3.05, 3.63) is 95.1 Å². The van der Waals surface area contributed by atoms with Gasteiger partial charge in [0, 0.05) is 103 Å². The fourth-order valence-electron chi connectivity index (χ4n) is 15.5. The van der Waals surface area contributed by atoms with Crippen molar-refractivity contribution in [1.29, 1.82) is 0 Å². The lowest BCUT2D eigenvalue weighted by Gasteiger charge is -2.20. The number of hydrogen-bond donors (Lipinski definition) is 2. The SMILES string of the molecule is CCCCCCOCCOCCOc1cc(Cn2c3cc(C=O)c(O)cc3c3cc4c(cc32)c2cc3c(cc2n4C)c2cc(O)c(C=O)cc2n3Cc2cc(OCCOCCOCCCCCC)c(OCCOCCOCCCCCC)c(OCCOCCOCCCCCC)c2)cc(OCCOCCOCCCCCC)c1OCCOCCOCCCCCC. The number of aryl methyl sites for hydroxylation is 1. The van der Waals surface area contributed by atoms with Crippen molar-refractivity contribution in [3.63, 3.8) is 0 Å². The maximum absolute atomic E-state index is 13.0. The molecular weight excluding hydrogens is 1610 g/mol. The largest absolute Gasteiger partial charge is 0.507 e. The second kappa shape index (κ2) is 60.7. The molecule has 0 aliphatic heterocycles. The predicted molar refractivity (Wildman–Crippen MR) is 499 cm³/mol. The zero-order valence-electron chi connectivity index (χ0n) is 77.1. The van der Waals surface area contributed by atoms with Crippen molar-refractivity contribution in [2.24, 2.45) is 7.05 Å². The maximum Gasteiger partial charge on any atom is 0.203 e. The molecule has 3 aromatic heterocycles. The van der Waals surface area contributed by atoms with Crippen LogP contribution in [0.25, 0.3) is 65.4 Å². The first-order chi connectivity index (χ1) is 62.1.